The number of methoxy groups -OCH3 is 2. The Morgan fingerprint density at radius 3 is 2.33 bits per heavy atom. The van der Waals surface area contributed by atoms with E-state index in [1.807, 2.05) is 12.3 Å². The minimum atomic E-state index is 0.104. The van der Waals surface area contributed by atoms with Gasteiger partial charge in [0.25, 0.3) is 0 Å². The van der Waals surface area contributed by atoms with Gasteiger partial charge in [0.1, 0.15) is 23.9 Å². The second kappa shape index (κ2) is 5.63. The van der Waals surface area contributed by atoms with Gasteiger partial charge in [-0.3, -0.25) is 0 Å². The summed E-state index contributed by atoms with van der Waals surface area (Å²) < 4.78 is 10.9. The average Bonchev–Trinajstić information content (AvgIpc) is 2.82. The molecule has 0 amide bonds. The first-order chi connectivity index (χ1) is 8.65. The third-order valence-corrected chi connectivity index (χ3v) is 3.32. The van der Waals surface area contributed by atoms with Crippen molar-refractivity contribution in [2.75, 3.05) is 32.2 Å². The van der Waals surface area contributed by atoms with Gasteiger partial charge in [-0.2, -0.15) is 0 Å². The molecule has 5 heteroatoms. The number of hydrogen-bond acceptors (Lipinski definition) is 5. The summed E-state index contributed by atoms with van der Waals surface area (Å²) in [5.41, 5.74) is 0. The van der Waals surface area contributed by atoms with E-state index < -0.39 is 0 Å². The van der Waals surface area contributed by atoms with E-state index in [0.717, 1.165) is 24.7 Å². The first kappa shape index (κ1) is 13.2. The molecule has 0 N–H and O–H groups in total. The van der Waals surface area contributed by atoms with E-state index in [-0.39, 0.29) is 12.2 Å². The highest BCUT2D eigenvalue weighted by Gasteiger charge is 2.33. The van der Waals surface area contributed by atoms with Crippen molar-refractivity contribution in [1.82, 2.24) is 9.97 Å². The highest BCUT2D eigenvalue weighted by Crippen LogP contribution is 2.22. The molecule has 0 aromatic carbocycles. The summed E-state index contributed by atoms with van der Waals surface area (Å²) in [5.74, 6) is 2.17. The van der Waals surface area contributed by atoms with Crippen LogP contribution >= 0.6 is 0 Å². The van der Waals surface area contributed by atoms with Gasteiger partial charge in [0.05, 0.1) is 0 Å². The predicted octanol–water partition coefficient (Wildman–Crippen LogP) is 1.45. The van der Waals surface area contributed by atoms with Crippen molar-refractivity contribution in [3.8, 4) is 0 Å². The molecule has 1 saturated heterocycles. The Hall–Kier alpha value is -1.20. The monoisotopic (exact) mass is 251 g/mol. The third kappa shape index (κ3) is 2.62. The van der Waals surface area contributed by atoms with E-state index >= 15 is 0 Å². The maximum atomic E-state index is 5.43. The highest BCUT2D eigenvalue weighted by atomic mass is 16.5. The van der Waals surface area contributed by atoms with Crippen LogP contribution in [-0.2, 0) is 9.47 Å². The molecule has 0 spiro atoms. The topological polar surface area (TPSA) is 47.5 Å². The first-order valence-corrected chi connectivity index (χ1v) is 6.29. The van der Waals surface area contributed by atoms with Gasteiger partial charge in [0.2, 0.25) is 0 Å². The van der Waals surface area contributed by atoms with Gasteiger partial charge in [-0.05, 0) is 6.07 Å². The maximum Gasteiger partial charge on any atom is 0.133 e. The lowest BCUT2D eigenvalue weighted by Crippen LogP contribution is -2.27. The number of rotatable bonds is 4. The van der Waals surface area contributed by atoms with Crippen molar-refractivity contribution in [3.05, 3.63) is 18.1 Å². The zero-order valence-corrected chi connectivity index (χ0v) is 11.5. The molecule has 1 aliphatic heterocycles. The summed E-state index contributed by atoms with van der Waals surface area (Å²) in [6.45, 7) is 5.81. The predicted molar refractivity (Wildman–Crippen MR) is 69.9 cm³/mol. The van der Waals surface area contributed by atoms with Crippen molar-refractivity contribution < 1.29 is 9.47 Å². The minimum Gasteiger partial charge on any atom is -0.377 e. The molecule has 2 atom stereocenters. The largest absolute Gasteiger partial charge is 0.377 e. The Morgan fingerprint density at radius 1 is 1.22 bits per heavy atom. The maximum absolute atomic E-state index is 5.43. The normalized spacial score (nSPS) is 23.9. The molecule has 1 fully saturated rings. The lowest BCUT2D eigenvalue weighted by Gasteiger charge is -2.17. The molecule has 2 heterocycles. The van der Waals surface area contributed by atoms with Crippen LogP contribution in [0.15, 0.2) is 12.3 Å². The molecular formula is C13H21N3O2. The van der Waals surface area contributed by atoms with Crippen LogP contribution in [0.2, 0.25) is 0 Å². The van der Waals surface area contributed by atoms with E-state index in [9.17, 15) is 0 Å². The first-order valence-electron chi connectivity index (χ1n) is 6.29. The van der Waals surface area contributed by atoms with Crippen molar-refractivity contribution >= 4 is 5.82 Å². The van der Waals surface area contributed by atoms with Crippen molar-refractivity contribution in [3.63, 3.8) is 0 Å². The highest BCUT2D eigenvalue weighted by molar-refractivity contribution is 5.40. The molecule has 18 heavy (non-hydrogen) atoms. The molecule has 0 bridgehead atoms. The molecule has 0 saturated carbocycles. The Kier molecular flexibility index (Phi) is 4.14. The molecule has 0 radical (unpaired) electrons. The third-order valence-electron chi connectivity index (χ3n) is 3.32. The lowest BCUT2D eigenvalue weighted by atomic mass is 10.2. The molecular weight excluding hydrogens is 230 g/mol. The van der Waals surface area contributed by atoms with E-state index in [1.54, 1.807) is 14.2 Å². The molecule has 0 unspecified atom stereocenters. The van der Waals surface area contributed by atoms with Crippen molar-refractivity contribution in [2.24, 2.45) is 0 Å². The van der Waals surface area contributed by atoms with E-state index in [2.05, 4.69) is 28.7 Å². The van der Waals surface area contributed by atoms with Crippen molar-refractivity contribution in [1.29, 1.82) is 0 Å². The molecule has 2 rings (SSSR count). The van der Waals surface area contributed by atoms with E-state index in [4.69, 9.17) is 9.47 Å². The number of aromatic nitrogens is 2. The fraction of sp³-hybridized carbons (Fsp3) is 0.692. The van der Waals surface area contributed by atoms with Gasteiger partial charge in [-0.15, -0.1) is 0 Å². The molecule has 1 aliphatic rings. The Morgan fingerprint density at radius 2 is 1.83 bits per heavy atom. The van der Waals surface area contributed by atoms with Crippen LogP contribution in [0, 0.1) is 0 Å². The van der Waals surface area contributed by atoms with Crippen LogP contribution in [0.25, 0.3) is 0 Å². The Bertz CT molecular complexity index is 386. The zero-order chi connectivity index (χ0) is 13.1. The van der Waals surface area contributed by atoms with E-state index in [1.165, 1.54) is 0 Å². The SMILES string of the molecule is CO[C@H]1CN(c2ccnc(C(C)C)n2)C[C@H]1OC. The zero-order valence-electron chi connectivity index (χ0n) is 11.5. The summed E-state index contributed by atoms with van der Waals surface area (Å²) in [5, 5.41) is 0. The van der Waals surface area contributed by atoms with E-state index in [0.29, 0.717) is 5.92 Å². The molecule has 100 valence electrons. The standard InChI is InChI=1S/C13H21N3O2/c1-9(2)13-14-6-5-12(15-13)16-7-10(17-3)11(8-16)18-4/h5-6,9-11H,7-8H2,1-4H3/t10-,11+. The second-order valence-electron chi connectivity index (χ2n) is 4.88. The van der Waals surface area contributed by atoms with Crippen LogP contribution in [0.5, 0.6) is 0 Å². The van der Waals surface area contributed by atoms with Gasteiger partial charge in [0, 0.05) is 39.4 Å². The number of anilines is 1. The second-order valence-corrected chi connectivity index (χ2v) is 4.88. The van der Waals surface area contributed by atoms with Gasteiger partial charge < -0.3 is 14.4 Å². The van der Waals surface area contributed by atoms with Crippen LogP contribution in [0.4, 0.5) is 5.82 Å². The van der Waals surface area contributed by atoms with Gasteiger partial charge in [-0.1, -0.05) is 13.8 Å². The Labute approximate surface area is 108 Å². The summed E-state index contributed by atoms with van der Waals surface area (Å²) in [6, 6.07) is 1.94. The Balaban J connectivity index is 2.15. The van der Waals surface area contributed by atoms with Crippen LogP contribution in [0.1, 0.15) is 25.6 Å². The lowest BCUT2D eigenvalue weighted by molar-refractivity contribution is -0.00461. The van der Waals surface area contributed by atoms with Crippen molar-refractivity contribution in [2.45, 2.75) is 32.0 Å². The summed E-state index contributed by atoms with van der Waals surface area (Å²) in [4.78, 5) is 11.1. The minimum absolute atomic E-state index is 0.104. The summed E-state index contributed by atoms with van der Waals surface area (Å²) in [7, 11) is 3.44. The molecule has 1 aromatic heterocycles. The van der Waals surface area contributed by atoms with Crippen LogP contribution in [0.3, 0.4) is 0 Å². The summed E-state index contributed by atoms with van der Waals surface area (Å²) >= 11 is 0. The molecule has 5 nitrogen and oxygen atoms in total. The number of hydrogen-bond donors (Lipinski definition) is 0. The number of ether oxygens (including phenoxy) is 2. The van der Waals surface area contributed by atoms with Gasteiger partial charge in [-0.25, -0.2) is 9.97 Å². The van der Waals surface area contributed by atoms with Gasteiger partial charge >= 0.3 is 0 Å². The fourth-order valence-electron chi connectivity index (χ4n) is 2.20. The van der Waals surface area contributed by atoms with Crippen LogP contribution < -0.4 is 4.90 Å². The summed E-state index contributed by atoms with van der Waals surface area (Å²) in [6.07, 6.45) is 2.03. The quantitative estimate of drug-likeness (QED) is 0.810. The smallest absolute Gasteiger partial charge is 0.133 e. The van der Waals surface area contributed by atoms with Crippen LogP contribution in [-0.4, -0.2) is 49.5 Å². The fourth-order valence-corrected chi connectivity index (χ4v) is 2.20. The molecule has 1 aromatic rings. The molecule has 0 aliphatic carbocycles. The van der Waals surface area contributed by atoms with Gasteiger partial charge in [0.15, 0.2) is 0 Å². The average molecular weight is 251 g/mol. The number of nitrogens with zero attached hydrogens (tertiary/aromatic N) is 3.